The van der Waals surface area contributed by atoms with Crippen LogP contribution in [0, 0.1) is 0 Å². The van der Waals surface area contributed by atoms with Crippen LogP contribution < -0.4 is 5.32 Å². The summed E-state index contributed by atoms with van der Waals surface area (Å²) in [6, 6.07) is -0.0459. The summed E-state index contributed by atoms with van der Waals surface area (Å²) in [5, 5.41) is 4.64. The Morgan fingerprint density at radius 1 is 1.41 bits per heavy atom. The van der Waals surface area contributed by atoms with Crippen molar-refractivity contribution in [2.75, 3.05) is 17.3 Å². The molecule has 6 nitrogen and oxygen atoms in total. The van der Waals surface area contributed by atoms with Crippen molar-refractivity contribution in [3.8, 4) is 0 Å². The number of allylic oxidation sites excluding steroid dienone is 1. The summed E-state index contributed by atoms with van der Waals surface area (Å²) in [6.07, 6.45) is 1.81. The first-order valence-electron chi connectivity index (χ1n) is 7.36. The smallest absolute Gasteiger partial charge is 0.173 e. The minimum Gasteiger partial charge on any atom is -0.342 e. The van der Waals surface area contributed by atoms with E-state index < -0.39 is 19.7 Å². The van der Waals surface area contributed by atoms with Gasteiger partial charge in [0.2, 0.25) is 0 Å². The lowest BCUT2D eigenvalue weighted by atomic mass is 10.1. The third-order valence-corrected chi connectivity index (χ3v) is 7.63. The van der Waals surface area contributed by atoms with E-state index in [4.69, 9.17) is 12.2 Å². The van der Waals surface area contributed by atoms with Crippen LogP contribution in [0.1, 0.15) is 33.1 Å². The predicted octanol–water partition coefficient (Wildman–Crippen LogP) is 0.808. The Morgan fingerprint density at radius 2 is 2.09 bits per heavy atom. The van der Waals surface area contributed by atoms with Gasteiger partial charge in [-0.2, -0.15) is 0 Å². The van der Waals surface area contributed by atoms with Gasteiger partial charge in [-0.05, 0) is 32.0 Å². The fourth-order valence-electron chi connectivity index (χ4n) is 2.80. The van der Waals surface area contributed by atoms with Crippen molar-refractivity contribution in [3.63, 3.8) is 0 Å². The SMILES string of the molecule is CC[C@H](C)N(C(=S)NC1=CS(=O)(=O)CC1)[C@@H]1CCS(=O)(=O)C1. The van der Waals surface area contributed by atoms with E-state index in [1.807, 2.05) is 18.7 Å². The fourth-order valence-corrected chi connectivity index (χ4v) is 6.20. The molecule has 1 N–H and O–H groups in total. The van der Waals surface area contributed by atoms with E-state index >= 15 is 0 Å². The van der Waals surface area contributed by atoms with Crippen LogP contribution in [0.3, 0.4) is 0 Å². The van der Waals surface area contributed by atoms with Gasteiger partial charge in [0.1, 0.15) is 0 Å². The van der Waals surface area contributed by atoms with Gasteiger partial charge in [0.15, 0.2) is 24.8 Å². The highest BCUT2D eigenvalue weighted by Gasteiger charge is 2.35. The third-order valence-electron chi connectivity index (χ3n) is 4.15. The molecule has 1 saturated heterocycles. The van der Waals surface area contributed by atoms with Crippen LogP contribution in [0.2, 0.25) is 0 Å². The number of thiocarbonyl (C=S) groups is 1. The van der Waals surface area contributed by atoms with E-state index in [1.165, 1.54) is 5.41 Å². The number of nitrogens with zero attached hydrogens (tertiary/aromatic N) is 1. The second-order valence-electron chi connectivity index (χ2n) is 5.91. The van der Waals surface area contributed by atoms with Crippen LogP contribution in [-0.2, 0) is 19.7 Å². The van der Waals surface area contributed by atoms with Crippen molar-refractivity contribution in [3.05, 3.63) is 11.1 Å². The maximum atomic E-state index is 11.7. The summed E-state index contributed by atoms with van der Waals surface area (Å²) >= 11 is 5.43. The molecule has 1 fully saturated rings. The molecule has 0 aromatic carbocycles. The van der Waals surface area contributed by atoms with Crippen molar-refractivity contribution >= 4 is 37.0 Å². The summed E-state index contributed by atoms with van der Waals surface area (Å²) < 4.78 is 46.4. The summed E-state index contributed by atoms with van der Waals surface area (Å²) in [5.41, 5.74) is 0.583. The number of sulfone groups is 2. The largest absolute Gasteiger partial charge is 0.342 e. The predicted molar refractivity (Wildman–Crippen MR) is 90.9 cm³/mol. The van der Waals surface area contributed by atoms with Crippen LogP contribution >= 0.6 is 12.2 Å². The van der Waals surface area contributed by atoms with Gasteiger partial charge in [-0.25, -0.2) is 16.8 Å². The molecule has 0 saturated carbocycles. The first-order valence-corrected chi connectivity index (χ1v) is 11.3. The van der Waals surface area contributed by atoms with Crippen LogP contribution in [-0.4, -0.2) is 56.2 Å². The average Bonchev–Trinajstić information content (AvgIpc) is 2.92. The first-order chi connectivity index (χ1) is 10.1. The lowest BCUT2D eigenvalue weighted by molar-refractivity contribution is 0.258. The molecule has 0 bridgehead atoms. The van der Waals surface area contributed by atoms with Crippen LogP contribution in [0.4, 0.5) is 0 Å². The second kappa shape index (κ2) is 6.45. The molecule has 0 aliphatic carbocycles. The Labute approximate surface area is 137 Å². The van der Waals surface area contributed by atoms with Gasteiger partial charge in [0, 0.05) is 24.2 Å². The van der Waals surface area contributed by atoms with Crippen molar-refractivity contribution in [1.29, 1.82) is 0 Å². The van der Waals surface area contributed by atoms with Gasteiger partial charge in [-0.3, -0.25) is 0 Å². The van der Waals surface area contributed by atoms with Crippen LogP contribution in [0.15, 0.2) is 11.1 Å². The van der Waals surface area contributed by atoms with E-state index in [9.17, 15) is 16.8 Å². The lowest BCUT2D eigenvalue weighted by Gasteiger charge is -2.36. The monoisotopic (exact) mass is 366 g/mol. The fraction of sp³-hybridized carbons (Fsp3) is 0.769. The highest BCUT2D eigenvalue weighted by molar-refractivity contribution is 7.94. The van der Waals surface area contributed by atoms with Crippen molar-refractivity contribution in [2.24, 2.45) is 0 Å². The molecule has 126 valence electrons. The molecular formula is C13H22N2O4S3. The molecule has 0 unspecified atom stereocenters. The topological polar surface area (TPSA) is 83.6 Å². The quantitative estimate of drug-likeness (QED) is 0.737. The second-order valence-corrected chi connectivity index (χ2v) is 10.5. The van der Waals surface area contributed by atoms with Gasteiger partial charge in [-0.1, -0.05) is 6.92 Å². The number of hydrogen-bond acceptors (Lipinski definition) is 5. The first kappa shape index (κ1) is 17.7. The lowest BCUT2D eigenvalue weighted by Crippen LogP contribution is -2.50. The maximum Gasteiger partial charge on any atom is 0.173 e. The van der Waals surface area contributed by atoms with E-state index in [0.717, 1.165) is 6.42 Å². The van der Waals surface area contributed by atoms with Gasteiger partial charge in [0.25, 0.3) is 0 Å². The van der Waals surface area contributed by atoms with E-state index in [2.05, 4.69) is 5.32 Å². The van der Waals surface area contributed by atoms with Crippen molar-refractivity contribution in [1.82, 2.24) is 10.2 Å². The van der Waals surface area contributed by atoms with Crippen LogP contribution in [0.5, 0.6) is 0 Å². The van der Waals surface area contributed by atoms with Gasteiger partial charge >= 0.3 is 0 Å². The molecule has 22 heavy (non-hydrogen) atoms. The Morgan fingerprint density at radius 3 is 2.55 bits per heavy atom. The van der Waals surface area contributed by atoms with Crippen molar-refractivity contribution in [2.45, 2.75) is 45.2 Å². The van der Waals surface area contributed by atoms with Gasteiger partial charge < -0.3 is 10.2 Å². The Bertz CT molecular complexity index is 682. The molecule has 2 aliphatic heterocycles. The molecule has 0 spiro atoms. The Balaban J connectivity index is 2.14. The standard InChI is InChI=1S/C13H22N2O4S3/c1-3-10(2)15(12-5-7-22(18,19)9-12)13(20)14-11-4-6-21(16,17)8-11/h8,10,12H,3-7,9H2,1-2H3,(H,14,20)/t10-,12+/m0/s1. The molecule has 0 aromatic heterocycles. The van der Waals surface area contributed by atoms with Gasteiger partial charge in [0.05, 0.1) is 22.7 Å². The van der Waals surface area contributed by atoms with E-state index in [-0.39, 0.29) is 29.3 Å². The van der Waals surface area contributed by atoms with E-state index in [0.29, 0.717) is 23.7 Å². The number of rotatable bonds is 4. The highest BCUT2D eigenvalue weighted by Crippen LogP contribution is 2.22. The zero-order valence-corrected chi connectivity index (χ0v) is 15.2. The molecule has 2 atom stereocenters. The number of nitrogens with one attached hydrogen (secondary N) is 1. The molecular weight excluding hydrogens is 344 g/mol. The Kier molecular flexibility index (Phi) is 5.18. The van der Waals surface area contributed by atoms with Gasteiger partial charge in [-0.15, -0.1) is 0 Å². The molecule has 9 heteroatoms. The molecule has 0 aromatic rings. The molecule has 2 aliphatic rings. The summed E-state index contributed by atoms with van der Waals surface area (Å²) in [5.74, 6) is 0.389. The summed E-state index contributed by atoms with van der Waals surface area (Å²) in [7, 11) is -6.13. The van der Waals surface area contributed by atoms with E-state index in [1.54, 1.807) is 0 Å². The highest BCUT2D eigenvalue weighted by atomic mass is 32.2. The Hall–Kier alpha value is -0.670. The average molecular weight is 367 g/mol. The zero-order valence-electron chi connectivity index (χ0n) is 12.8. The minimum absolute atomic E-state index is 0.0944. The van der Waals surface area contributed by atoms with Crippen LogP contribution in [0.25, 0.3) is 0 Å². The van der Waals surface area contributed by atoms with Crippen molar-refractivity contribution < 1.29 is 16.8 Å². The molecule has 0 radical (unpaired) electrons. The zero-order chi connectivity index (χ0) is 16.5. The normalized spacial score (nSPS) is 27.2. The summed E-state index contributed by atoms with van der Waals surface area (Å²) in [4.78, 5) is 1.92. The molecule has 0 amide bonds. The maximum absolute atomic E-state index is 11.7. The summed E-state index contributed by atoms with van der Waals surface area (Å²) in [6.45, 7) is 4.02. The number of hydrogen-bond donors (Lipinski definition) is 1. The molecule has 2 heterocycles. The third kappa shape index (κ3) is 4.20. The minimum atomic E-state index is -3.13. The molecule has 2 rings (SSSR count).